The molecule has 1 saturated carbocycles. The molecule has 1 aliphatic carbocycles. The van der Waals surface area contributed by atoms with Gasteiger partial charge in [0.1, 0.15) is 0 Å². The van der Waals surface area contributed by atoms with E-state index in [-0.39, 0.29) is 0 Å². The van der Waals surface area contributed by atoms with Gasteiger partial charge in [0.15, 0.2) is 0 Å². The molecule has 0 saturated heterocycles. The minimum atomic E-state index is 0.920. The fraction of sp³-hybridized carbons (Fsp3) is 0.769. The fourth-order valence-corrected chi connectivity index (χ4v) is 2.53. The van der Waals surface area contributed by atoms with E-state index in [0.29, 0.717) is 0 Å². The van der Waals surface area contributed by atoms with Gasteiger partial charge in [-0.3, -0.25) is 0 Å². The first-order valence-electron chi connectivity index (χ1n) is 6.52. The predicted molar refractivity (Wildman–Crippen MR) is 66.0 cm³/mol. The summed E-state index contributed by atoms with van der Waals surface area (Å²) in [7, 11) is 0. The maximum absolute atomic E-state index is 4.00. The van der Waals surface area contributed by atoms with Gasteiger partial charge in [-0.2, -0.15) is 0 Å². The van der Waals surface area contributed by atoms with Crippen LogP contribution < -0.4 is 5.32 Å². The number of nitrogens with zero attached hydrogens (tertiary/aromatic N) is 1. The zero-order valence-corrected chi connectivity index (χ0v) is 10.2. The second-order valence-electron chi connectivity index (χ2n) is 5.17. The van der Waals surface area contributed by atoms with Crippen LogP contribution >= 0.6 is 0 Å². The van der Waals surface area contributed by atoms with Crippen molar-refractivity contribution in [3.63, 3.8) is 0 Å². The van der Waals surface area contributed by atoms with E-state index in [9.17, 15) is 0 Å². The zero-order valence-electron chi connectivity index (χ0n) is 10.2. The van der Waals surface area contributed by atoms with Crippen molar-refractivity contribution >= 4 is 0 Å². The van der Waals surface area contributed by atoms with Crippen molar-refractivity contribution in [2.24, 2.45) is 11.8 Å². The Morgan fingerprint density at radius 3 is 2.88 bits per heavy atom. The molecule has 90 valence electrons. The van der Waals surface area contributed by atoms with E-state index >= 15 is 0 Å². The van der Waals surface area contributed by atoms with Crippen LogP contribution in [0.1, 0.15) is 44.7 Å². The highest BCUT2D eigenvalue weighted by Gasteiger charge is 2.17. The number of hydrogen-bond donors (Lipinski definition) is 2. The van der Waals surface area contributed by atoms with E-state index in [4.69, 9.17) is 0 Å². The Bertz CT molecular complexity index is 273. The average Bonchev–Trinajstić information content (AvgIpc) is 2.80. The molecule has 0 unspecified atom stereocenters. The summed E-state index contributed by atoms with van der Waals surface area (Å²) in [4.78, 5) is 7.11. The lowest BCUT2D eigenvalue weighted by molar-refractivity contribution is 0.275. The lowest BCUT2D eigenvalue weighted by Gasteiger charge is -2.26. The maximum Gasteiger partial charge on any atom is 0.0922 e. The summed E-state index contributed by atoms with van der Waals surface area (Å²) in [5.41, 5.74) is 1.18. The fourth-order valence-electron chi connectivity index (χ4n) is 2.53. The largest absolute Gasteiger partial charge is 0.347 e. The van der Waals surface area contributed by atoms with Gasteiger partial charge in [-0.05, 0) is 24.8 Å². The molecule has 1 aromatic rings. The number of imidazole rings is 1. The van der Waals surface area contributed by atoms with Gasteiger partial charge in [-0.25, -0.2) is 4.98 Å². The van der Waals surface area contributed by atoms with Crippen LogP contribution in [-0.2, 0) is 6.54 Å². The molecule has 0 aromatic carbocycles. The molecule has 2 rings (SSSR count). The molecule has 1 aliphatic rings. The van der Waals surface area contributed by atoms with Crippen LogP contribution in [0.5, 0.6) is 0 Å². The first kappa shape index (κ1) is 11.6. The van der Waals surface area contributed by atoms with Gasteiger partial charge in [-0.1, -0.05) is 32.6 Å². The Labute approximate surface area is 98.1 Å². The lowest BCUT2D eigenvalue weighted by Crippen LogP contribution is -2.20. The van der Waals surface area contributed by atoms with Gasteiger partial charge in [0.2, 0.25) is 0 Å². The zero-order chi connectivity index (χ0) is 11.2. The van der Waals surface area contributed by atoms with E-state index in [2.05, 4.69) is 22.2 Å². The van der Waals surface area contributed by atoms with Crippen molar-refractivity contribution in [3.05, 3.63) is 18.2 Å². The highest BCUT2D eigenvalue weighted by molar-refractivity contribution is 4.92. The van der Waals surface area contributed by atoms with Crippen molar-refractivity contribution in [1.29, 1.82) is 0 Å². The number of rotatable bonds is 5. The molecular formula is C13H23N3. The van der Waals surface area contributed by atoms with Crippen LogP contribution in [-0.4, -0.2) is 16.5 Å². The molecule has 1 aromatic heterocycles. The minimum Gasteiger partial charge on any atom is -0.347 e. The van der Waals surface area contributed by atoms with E-state index in [0.717, 1.165) is 24.9 Å². The maximum atomic E-state index is 4.00. The third kappa shape index (κ3) is 3.63. The number of hydrogen-bond acceptors (Lipinski definition) is 2. The Morgan fingerprint density at radius 2 is 2.19 bits per heavy atom. The van der Waals surface area contributed by atoms with Crippen molar-refractivity contribution in [3.8, 4) is 0 Å². The van der Waals surface area contributed by atoms with E-state index in [1.54, 1.807) is 6.33 Å². The summed E-state index contributed by atoms with van der Waals surface area (Å²) in [6.45, 7) is 4.44. The third-order valence-electron chi connectivity index (χ3n) is 3.74. The summed E-state index contributed by atoms with van der Waals surface area (Å²) in [6, 6.07) is 0. The highest BCUT2D eigenvalue weighted by atomic mass is 14.9. The van der Waals surface area contributed by atoms with Crippen molar-refractivity contribution in [1.82, 2.24) is 15.3 Å². The van der Waals surface area contributed by atoms with Crippen LogP contribution in [0.25, 0.3) is 0 Å². The van der Waals surface area contributed by atoms with Gasteiger partial charge in [-0.15, -0.1) is 0 Å². The molecular weight excluding hydrogens is 198 g/mol. The van der Waals surface area contributed by atoms with Gasteiger partial charge >= 0.3 is 0 Å². The summed E-state index contributed by atoms with van der Waals surface area (Å²) >= 11 is 0. The molecule has 2 N–H and O–H groups in total. The lowest BCUT2D eigenvalue weighted by atomic mass is 9.81. The van der Waals surface area contributed by atoms with Crippen LogP contribution in [0.2, 0.25) is 0 Å². The molecule has 0 radical (unpaired) electrons. The van der Waals surface area contributed by atoms with E-state index < -0.39 is 0 Å². The molecule has 1 heterocycles. The Kier molecular flexibility index (Phi) is 4.40. The number of H-pyrrole nitrogens is 1. The van der Waals surface area contributed by atoms with Crippen molar-refractivity contribution < 1.29 is 0 Å². The second kappa shape index (κ2) is 6.04. The molecule has 1 fully saturated rings. The first-order valence-corrected chi connectivity index (χ1v) is 6.52. The summed E-state index contributed by atoms with van der Waals surface area (Å²) in [5.74, 6) is 1.93. The van der Waals surface area contributed by atoms with Gasteiger partial charge in [0.25, 0.3) is 0 Å². The summed E-state index contributed by atoms with van der Waals surface area (Å²) in [5, 5.41) is 3.48. The third-order valence-corrected chi connectivity index (χ3v) is 3.74. The second-order valence-corrected chi connectivity index (χ2v) is 5.17. The molecule has 3 heteroatoms. The molecule has 0 amide bonds. The topological polar surface area (TPSA) is 40.7 Å². The molecule has 0 atom stereocenters. The highest BCUT2D eigenvalue weighted by Crippen LogP contribution is 2.29. The van der Waals surface area contributed by atoms with Gasteiger partial charge in [0, 0.05) is 18.4 Å². The summed E-state index contributed by atoms with van der Waals surface area (Å²) in [6.07, 6.45) is 10.7. The average molecular weight is 221 g/mol. The Balaban J connectivity index is 1.55. The Morgan fingerprint density at radius 1 is 1.38 bits per heavy atom. The number of aromatic nitrogens is 2. The smallest absolute Gasteiger partial charge is 0.0922 e. The van der Waals surface area contributed by atoms with Crippen LogP contribution in [0.15, 0.2) is 12.5 Å². The van der Waals surface area contributed by atoms with Gasteiger partial charge < -0.3 is 10.3 Å². The molecule has 16 heavy (non-hydrogen) atoms. The van der Waals surface area contributed by atoms with E-state index in [1.165, 1.54) is 37.8 Å². The first-order chi connectivity index (χ1) is 7.84. The quantitative estimate of drug-likeness (QED) is 0.751. The van der Waals surface area contributed by atoms with Crippen LogP contribution in [0.4, 0.5) is 0 Å². The SMILES string of the molecule is CC1CCC(CCNCc2cnc[nH]2)CC1. The van der Waals surface area contributed by atoms with Gasteiger partial charge in [0.05, 0.1) is 6.33 Å². The van der Waals surface area contributed by atoms with Crippen LogP contribution in [0.3, 0.4) is 0 Å². The molecule has 0 bridgehead atoms. The molecule has 3 nitrogen and oxygen atoms in total. The normalized spacial score (nSPS) is 25.8. The minimum absolute atomic E-state index is 0.920. The Hall–Kier alpha value is -0.830. The molecule has 0 aliphatic heterocycles. The van der Waals surface area contributed by atoms with Crippen molar-refractivity contribution in [2.75, 3.05) is 6.54 Å². The summed E-state index contributed by atoms with van der Waals surface area (Å²) < 4.78 is 0. The number of nitrogens with one attached hydrogen (secondary N) is 2. The number of aromatic amines is 1. The van der Waals surface area contributed by atoms with Crippen molar-refractivity contribution in [2.45, 2.75) is 45.6 Å². The van der Waals surface area contributed by atoms with E-state index in [1.807, 2.05) is 6.20 Å². The predicted octanol–water partition coefficient (Wildman–Crippen LogP) is 2.72. The monoisotopic (exact) mass is 221 g/mol. The molecule has 0 spiro atoms. The standard InChI is InChI=1S/C13H23N3/c1-11-2-4-12(5-3-11)6-7-14-8-13-9-15-10-16-13/h9-12,14H,2-8H2,1H3,(H,15,16). The van der Waals surface area contributed by atoms with Crippen LogP contribution in [0, 0.1) is 11.8 Å².